The molecule has 0 aromatic heterocycles. The molecule has 3 aromatic rings. The number of nitrogens with zero attached hydrogens (tertiary/aromatic N) is 1. The lowest BCUT2D eigenvalue weighted by Gasteiger charge is -2.23. The number of aryl methyl sites for hydroxylation is 2. The van der Waals surface area contributed by atoms with Crippen LogP contribution in [0.15, 0.2) is 82.6 Å². The van der Waals surface area contributed by atoms with Crippen LogP contribution in [0.5, 0.6) is 0 Å². The highest BCUT2D eigenvalue weighted by atomic mass is 35.5. The Morgan fingerprint density at radius 1 is 0.938 bits per heavy atom. The Balaban J connectivity index is 1.91. The van der Waals surface area contributed by atoms with Crippen LogP contribution in [0.25, 0.3) is 0 Å². The second-order valence-corrected chi connectivity index (χ2v) is 10.8. The number of halogens is 1. The molecule has 0 unspecified atom stereocenters. The van der Waals surface area contributed by atoms with Crippen LogP contribution in [0.3, 0.4) is 0 Å². The normalized spacial score (nSPS) is 11.3. The van der Waals surface area contributed by atoms with Crippen molar-refractivity contribution in [2.75, 3.05) is 10.1 Å². The molecule has 3 aromatic carbocycles. The standard InChI is InChI=1S/C25H26ClNO3S2/c1-3-4-5-20-8-12-22(13-9-20)27(32(29,30)24-16-6-19(2)7-17-24)25(28)18-31-23-14-10-21(26)11-15-23/h6-17H,3-5,18H2,1-2H3. The average molecular weight is 488 g/mol. The molecule has 0 radical (unpaired) electrons. The molecule has 0 spiro atoms. The number of thioether (sulfide) groups is 1. The summed E-state index contributed by atoms with van der Waals surface area (Å²) in [6, 6.07) is 20.8. The maximum atomic E-state index is 13.5. The van der Waals surface area contributed by atoms with Crippen molar-refractivity contribution in [3.63, 3.8) is 0 Å². The molecule has 7 heteroatoms. The molecule has 0 atom stereocenters. The van der Waals surface area contributed by atoms with E-state index < -0.39 is 15.9 Å². The van der Waals surface area contributed by atoms with Gasteiger partial charge in [-0.05, 0) is 73.9 Å². The lowest BCUT2D eigenvalue weighted by molar-refractivity contribution is -0.115. The SMILES string of the molecule is CCCCc1ccc(N(C(=O)CSc2ccc(Cl)cc2)S(=O)(=O)c2ccc(C)cc2)cc1. The first kappa shape index (κ1) is 24.4. The highest BCUT2D eigenvalue weighted by molar-refractivity contribution is 8.00. The zero-order chi connectivity index (χ0) is 23.1. The molecule has 32 heavy (non-hydrogen) atoms. The van der Waals surface area contributed by atoms with E-state index in [9.17, 15) is 13.2 Å². The molecule has 0 bridgehead atoms. The van der Waals surface area contributed by atoms with E-state index in [0.717, 1.165) is 39.6 Å². The monoisotopic (exact) mass is 487 g/mol. The van der Waals surface area contributed by atoms with E-state index in [2.05, 4.69) is 6.92 Å². The molecular formula is C25H26ClNO3S2. The smallest absolute Gasteiger partial charge is 0.270 e. The van der Waals surface area contributed by atoms with Gasteiger partial charge in [0.1, 0.15) is 0 Å². The maximum absolute atomic E-state index is 13.5. The molecule has 0 aliphatic heterocycles. The van der Waals surface area contributed by atoms with E-state index in [1.807, 2.05) is 31.2 Å². The first-order valence-corrected chi connectivity index (χ1v) is 13.2. The summed E-state index contributed by atoms with van der Waals surface area (Å²) in [5.74, 6) is -0.531. The van der Waals surface area contributed by atoms with Crippen LogP contribution in [0.1, 0.15) is 30.9 Å². The number of benzene rings is 3. The molecule has 0 aliphatic rings. The summed E-state index contributed by atoms with van der Waals surface area (Å²) >= 11 is 7.20. The van der Waals surface area contributed by atoms with Gasteiger partial charge < -0.3 is 0 Å². The molecule has 0 N–H and O–H groups in total. The summed E-state index contributed by atoms with van der Waals surface area (Å²) in [7, 11) is -4.06. The Bertz CT molecular complexity index is 1140. The Kier molecular flexibility index (Phi) is 8.40. The van der Waals surface area contributed by atoms with Crippen molar-refractivity contribution >= 4 is 45.0 Å². The topological polar surface area (TPSA) is 54.5 Å². The maximum Gasteiger partial charge on any atom is 0.270 e. The van der Waals surface area contributed by atoms with Crippen molar-refractivity contribution in [2.24, 2.45) is 0 Å². The van der Waals surface area contributed by atoms with E-state index in [1.165, 1.54) is 23.9 Å². The average Bonchev–Trinajstić information content (AvgIpc) is 2.78. The Morgan fingerprint density at radius 2 is 1.56 bits per heavy atom. The van der Waals surface area contributed by atoms with Gasteiger partial charge in [-0.25, -0.2) is 12.7 Å². The third-order valence-corrected chi connectivity index (χ3v) is 7.96. The van der Waals surface area contributed by atoms with Crippen LogP contribution in [-0.4, -0.2) is 20.1 Å². The van der Waals surface area contributed by atoms with Crippen LogP contribution in [-0.2, 0) is 21.2 Å². The minimum atomic E-state index is -4.06. The molecule has 0 saturated heterocycles. The second kappa shape index (κ2) is 11.0. The van der Waals surface area contributed by atoms with Crippen molar-refractivity contribution < 1.29 is 13.2 Å². The highest BCUT2D eigenvalue weighted by Gasteiger charge is 2.31. The largest absolute Gasteiger partial charge is 0.272 e. The molecule has 3 rings (SSSR count). The van der Waals surface area contributed by atoms with Gasteiger partial charge in [-0.15, -0.1) is 11.8 Å². The molecule has 0 heterocycles. The van der Waals surface area contributed by atoms with Gasteiger partial charge in [-0.2, -0.15) is 0 Å². The fourth-order valence-corrected chi connectivity index (χ4v) is 5.52. The summed E-state index contributed by atoms with van der Waals surface area (Å²) in [6.45, 7) is 4.01. The lowest BCUT2D eigenvalue weighted by Crippen LogP contribution is -2.38. The number of carbonyl (C=O) groups excluding carboxylic acids is 1. The Hall–Kier alpha value is -2.28. The predicted molar refractivity (Wildman–Crippen MR) is 133 cm³/mol. The van der Waals surface area contributed by atoms with Crippen molar-refractivity contribution in [3.05, 3.63) is 88.9 Å². The number of hydrogen-bond donors (Lipinski definition) is 0. The van der Waals surface area contributed by atoms with E-state index in [1.54, 1.807) is 36.4 Å². The second-order valence-electron chi connectivity index (χ2n) is 7.49. The van der Waals surface area contributed by atoms with E-state index in [0.29, 0.717) is 10.7 Å². The van der Waals surface area contributed by atoms with Crippen molar-refractivity contribution in [1.29, 1.82) is 0 Å². The van der Waals surface area contributed by atoms with E-state index >= 15 is 0 Å². The molecular weight excluding hydrogens is 462 g/mol. The Morgan fingerprint density at radius 3 is 2.16 bits per heavy atom. The van der Waals surface area contributed by atoms with E-state index in [-0.39, 0.29) is 10.6 Å². The zero-order valence-electron chi connectivity index (χ0n) is 18.1. The summed E-state index contributed by atoms with van der Waals surface area (Å²) in [5, 5.41) is 0.604. The molecule has 0 fully saturated rings. The minimum Gasteiger partial charge on any atom is -0.272 e. The number of rotatable bonds is 9. The molecule has 1 amide bonds. The van der Waals surface area contributed by atoms with Crippen LogP contribution in [0.4, 0.5) is 5.69 Å². The summed E-state index contributed by atoms with van der Waals surface area (Å²) in [5.41, 5.74) is 2.40. The quantitative estimate of drug-likeness (QED) is 0.323. The highest BCUT2D eigenvalue weighted by Crippen LogP contribution is 2.28. The van der Waals surface area contributed by atoms with Gasteiger partial charge in [0, 0.05) is 9.92 Å². The van der Waals surface area contributed by atoms with Gasteiger partial charge in [0.05, 0.1) is 16.3 Å². The van der Waals surface area contributed by atoms with Gasteiger partial charge in [-0.3, -0.25) is 4.79 Å². The van der Waals surface area contributed by atoms with Gasteiger partial charge in [0.25, 0.3) is 15.9 Å². The van der Waals surface area contributed by atoms with Crippen molar-refractivity contribution in [2.45, 2.75) is 42.9 Å². The first-order chi connectivity index (χ1) is 15.3. The first-order valence-electron chi connectivity index (χ1n) is 10.4. The third-order valence-electron chi connectivity index (χ3n) is 4.95. The fraction of sp³-hybridized carbons (Fsp3) is 0.240. The molecule has 0 saturated carbocycles. The number of sulfonamides is 1. The number of unbranched alkanes of at least 4 members (excludes halogenated alkanes) is 1. The Labute approximate surface area is 199 Å². The van der Waals surface area contributed by atoms with Crippen molar-refractivity contribution in [3.8, 4) is 0 Å². The predicted octanol–water partition coefficient (Wildman–Crippen LogP) is 6.51. The molecule has 168 valence electrons. The van der Waals surface area contributed by atoms with Crippen molar-refractivity contribution in [1.82, 2.24) is 0 Å². The van der Waals surface area contributed by atoms with Gasteiger partial charge in [0.15, 0.2) is 0 Å². The van der Waals surface area contributed by atoms with Crippen LogP contribution in [0, 0.1) is 6.92 Å². The van der Waals surface area contributed by atoms with Crippen LogP contribution in [0.2, 0.25) is 5.02 Å². The third kappa shape index (κ3) is 6.15. The van der Waals surface area contributed by atoms with Gasteiger partial charge in [0.2, 0.25) is 0 Å². The van der Waals surface area contributed by atoms with Crippen LogP contribution >= 0.6 is 23.4 Å². The summed E-state index contributed by atoms with van der Waals surface area (Å²) in [6.07, 6.45) is 3.05. The lowest BCUT2D eigenvalue weighted by atomic mass is 10.1. The number of hydrogen-bond acceptors (Lipinski definition) is 4. The minimum absolute atomic E-state index is 0.0235. The molecule has 0 aliphatic carbocycles. The van der Waals surface area contributed by atoms with Gasteiger partial charge >= 0.3 is 0 Å². The van der Waals surface area contributed by atoms with E-state index in [4.69, 9.17) is 11.6 Å². The summed E-state index contributed by atoms with van der Waals surface area (Å²) < 4.78 is 27.9. The molecule has 4 nitrogen and oxygen atoms in total. The number of amides is 1. The van der Waals surface area contributed by atoms with Crippen LogP contribution < -0.4 is 4.31 Å². The fourth-order valence-electron chi connectivity index (χ4n) is 3.15. The number of anilines is 1. The van der Waals surface area contributed by atoms with Gasteiger partial charge in [-0.1, -0.05) is 54.8 Å². The summed E-state index contributed by atoms with van der Waals surface area (Å²) in [4.78, 5) is 14.2. The number of carbonyl (C=O) groups is 1. The zero-order valence-corrected chi connectivity index (χ0v) is 20.5.